The number of rotatable bonds is 3. The zero-order valence-electron chi connectivity index (χ0n) is 9.46. The Kier molecular flexibility index (Phi) is 4.02. The quantitative estimate of drug-likeness (QED) is 0.289. The molecule has 0 saturated heterocycles. The average molecular weight is 401 g/mol. The van der Waals surface area contributed by atoms with Gasteiger partial charge in [0, 0.05) is 0 Å². The summed E-state index contributed by atoms with van der Waals surface area (Å²) in [4.78, 5) is 0. The van der Waals surface area contributed by atoms with Gasteiger partial charge >= 0.3 is 108 Å². The van der Waals surface area contributed by atoms with Crippen molar-refractivity contribution in [2.75, 3.05) is 6.67 Å². The predicted molar refractivity (Wildman–Crippen MR) is 53.4 cm³/mol. The Morgan fingerprint density at radius 1 is 1.14 bits per heavy atom. The van der Waals surface area contributed by atoms with E-state index < -0.39 is 45.3 Å². The van der Waals surface area contributed by atoms with E-state index in [1.807, 2.05) is 0 Å². The van der Waals surface area contributed by atoms with E-state index in [1.165, 1.54) is 0 Å². The molecule has 0 amide bonds. The Hall–Kier alpha value is 0.200. The monoisotopic (exact) mass is 401 g/mol. The summed E-state index contributed by atoms with van der Waals surface area (Å²) in [5.41, 5.74) is 0. The maximum absolute atomic E-state index is 13.6. The molecule has 1 rings (SSSR count). The van der Waals surface area contributed by atoms with Crippen molar-refractivity contribution < 1.29 is 51.6 Å². The van der Waals surface area contributed by atoms with Crippen LogP contribution in [0.1, 0.15) is 6.92 Å². The molecule has 130 valence electrons. The van der Waals surface area contributed by atoms with Gasteiger partial charge in [0.15, 0.2) is 0 Å². The van der Waals surface area contributed by atoms with Crippen LogP contribution in [0.2, 0.25) is 0 Å². The van der Waals surface area contributed by atoms with Crippen molar-refractivity contribution in [3.05, 3.63) is 0 Å². The topological polar surface area (TPSA) is 28.1 Å². The summed E-state index contributed by atoms with van der Waals surface area (Å²) in [6, 6.07) is 0. The molecule has 0 bridgehead atoms. The number of hydrogen-bond acceptors (Lipinski definition) is 4. The Morgan fingerprint density at radius 2 is 1.57 bits per heavy atom. The number of alkyl halides is 2. The van der Waals surface area contributed by atoms with E-state index in [0.717, 1.165) is 4.52 Å². The molecule has 0 N–H and O–H groups in total. The number of halogens is 11. The van der Waals surface area contributed by atoms with E-state index in [4.69, 9.17) is 0 Å². The third-order valence-corrected chi connectivity index (χ3v) is 9.59. The Bertz CT molecular complexity index is 508. The summed E-state index contributed by atoms with van der Waals surface area (Å²) >= 11 is 0. The van der Waals surface area contributed by atoms with Crippen LogP contribution in [0.15, 0.2) is 4.52 Å². The van der Waals surface area contributed by atoms with Gasteiger partial charge in [0.1, 0.15) is 0 Å². The van der Waals surface area contributed by atoms with Crippen molar-refractivity contribution in [1.29, 1.82) is 0 Å². The van der Waals surface area contributed by atoms with E-state index >= 15 is 0 Å². The Labute approximate surface area is 109 Å². The third kappa shape index (κ3) is 3.13. The minimum atomic E-state index is -9.81. The first-order valence-electron chi connectivity index (χ1n) is 4.42. The minimum absolute atomic E-state index is 0.0904. The third-order valence-electron chi connectivity index (χ3n) is 1.78. The normalized spacial score (nSPS) is 41.5. The molecule has 21 heavy (non-hydrogen) atoms. The molecule has 2 unspecified atom stereocenters. The van der Waals surface area contributed by atoms with Gasteiger partial charge in [-0.2, -0.15) is 0 Å². The second-order valence-electron chi connectivity index (χ2n) is 3.84. The molecule has 0 fully saturated rings. The van der Waals surface area contributed by atoms with E-state index in [9.17, 15) is 47.1 Å². The average Bonchev–Trinajstić information content (AvgIpc) is 2.22. The van der Waals surface area contributed by atoms with E-state index in [1.54, 1.807) is 0 Å². The molecule has 1 aliphatic rings. The fourth-order valence-electron chi connectivity index (χ4n) is 1.02. The fraction of sp³-hybridized carbons (Fsp3) is 1.00. The van der Waals surface area contributed by atoms with Gasteiger partial charge in [-0.05, 0) is 0 Å². The van der Waals surface area contributed by atoms with Gasteiger partial charge in [0.25, 0.3) is 0 Å². The summed E-state index contributed by atoms with van der Waals surface area (Å²) in [5.74, 6) is -4.03. The van der Waals surface area contributed by atoms with Gasteiger partial charge in [-0.1, -0.05) is 0 Å². The molecule has 0 aromatic heterocycles. The van der Waals surface area contributed by atoms with Crippen LogP contribution >= 0.6 is 23.4 Å². The number of nitrogens with zero attached hydrogens (tertiary/aromatic N) is 3. The molecule has 0 aromatic carbocycles. The van der Waals surface area contributed by atoms with Crippen molar-refractivity contribution in [1.82, 2.24) is 9.33 Å². The molecule has 0 aromatic rings. The zero-order valence-corrected chi connectivity index (χ0v) is 12.1. The molecule has 2 atom stereocenters. The van der Waals surface area contributed by atoms with Crippen molar-refractivity contribution >= 4 is 23.4 Å². The van der Waals surface area contributed by atoms with Crippen LogP contribution in [0.4, 0.5) is 47.1 Å². The molecule has 0 radical (unpaired) electrons. The van der Waals surface area contributed by atoms with Crippen molar-refractivity contribution in [3.8, 4) is 0 Å². The fourth-order valence-corrected chi connectivity index (χ4v) is 8.36. The van der Waals surface area contributed by atoms with Crippen LogP contribution in [-0.4, -0.2) is 21.9 Å². The zero-order chi connectivity index (χ0) is 17.2. The van der Waals surface area contributed by atoms with Crippen molar-refractivity contribution in [2.24, 2.45) is 4.52 Å². The molecule has 1 aliphatic heterocycles. The standard InChI is InChI=1S/C3H5F11N3OP3/c1-3(5,2-4)18-19(8)15-20(9,10,11)17(7)21(12,13,14)16(19)6/h2H2,1H3. The maximum atomic E-state index is 13.6. The van der Waals surface area contributed by atoms with Crippen LogP contribution < -0.4 is 0 Å². The summed E-state index contributed by atoms with van der Waals surface area (Å²) in [6.07, 6.45) is 0. The summed E-state index contributed by atoms with van der Waals surface area (Å²) in [7, 11) is -26.5. The second kappa shape index (κ2) is 4.39. The first-order chi connectivity index (χ1) is 8.84. The first kappa shape index (κ1) is 19.2. The molecule has 18 heteroatoms. The van der Waals surface area contributed by atoms with E-state index in [0.29, 0.717) is 0 Å². The van der Waals surface area contributed by atoms with Gasteiger partial charge in [0.05, 0.1) is 0 Å². The number of hydrogen-bond donors (Lipinski definition) is 0. The van der Waals surface area contributed by atoms with E-state index in [2.05, 4.69) is 4.52 Å². The predicted octanol–water partition coefficient (Wildman–Crippen LogP) is 7.03. The molecule has 0 spiro atoms. The summed E-state index contributed by atoms with van der Waals surface area (Å²) in [6.45, 7) is -2.49. The Balaban J connectivity index is 3.63. The van der Waals surface area contributed by atoms with Crippen LogP contribution in [0.5, 0.6) is 0 Å². The van der Waals surface area contributed by atoms with Crippen LogP contribution in [0.3, 0.4) is 0 Å². The molecule has 0 saturated carbocycles. The van der Waals surface area contributed by atoms with Gasteiger partial charge in [-0.25, -0.2) is 0 Å². The summed E-state index contributed by atoms with van der Waals surface area (Å²) in [5, 5.41) is 0. The Morgan fingerprint density at radius 3 is 1.95 bits per heavy atom. The van der Waals surface area contributed by atoms with Crippen molar-refractivity contribution in [2.45, 2.75) is 12.8 Å². The van der Waals surface area contributed by atoms with E-state index in [-0.39, 0.29) is 6.92 Å². The summed E-state index contributed by atoms with van der Waals surface area (Å²) < 4.78 is 138. The SMILES string of the molecule is CC(F)(CF)OP1(F)=NP(F)(F)(F)N(F)P(F)(F)(F)N1F. The van der Waals surface area contributed by atoms with Gasteiger partial charge in [-0.3, -0.25) is 0 Å². The molecule has 4 nitrogen and oxygen atoms in total. The van der Waals surface area contributed by atoms with Gasteiger partial charge in [0.2, 0.25) is 0 Å². The molecular formula is C3H5F11N3OP3. The first-order valence-corrected chi connectivity index (χ1v) is 9.55. The molecule has 1 heterocycles. The van der Waals surface area contributed by atoms with Crippen LogP contribution in [0.25, 0.3) is 0 Å². The van der Waals surface area contributed by atoms with Crippen molar-refractivity contribution in [3.63, 3.8) is 0 Å². The van der Waals surface area contributed by atoms with Gasteiger partial charge in [-0.15, -0.1) is 0 Å². The van der Waals surface area contributed by atoms with Gasteiger partial charge < -0.3 is 0 Å². The molecular weight excluding hydrogens is 396 g/mol. The van der Waals surface area contributed by atoms with Crippen LogP contribution in [-0.2, 0) is 4.52 Å². The van der Waals surface area contributed by atoms with Crippen LogP contribution in [0, 0.1) is 0 Å². The molecule has 0 aliphatic carbocycles. The second-order valence-corrected chi connectivity index (χ2v) is 10.7.